The van der Waals surface area contributed by atoms with Gasteiger partial charge in [0.25, 0.3) is 0 Å². The number of hydrogen-bond acceptors (Lipinski definition) is 4. The summed E-state index contributed by atoms with van der Waals surface area (Å²) in [6, 6.07) is 18.2. The molecule has 29 heavy (non-hydrogen) atoms. The molecule has 1 aromatic heterocycles. The Balaban J connectivity index is 0.00000240. The lowest BCUT2D eigenvalue weighted by molar-refractivity contribution is -0.0181. The fourth-order valence-electron chi connectivity index (χ4n) is 3.92. The number of ether oxygens (including phenoxy) is 2. The summed E-state index contributed by atoms with van der Waals surface area (Å²) in [5.74, 6) is 0.910. The van der Waals surface area contributed by atoms with E-state index in [1.165, 1.54) is 0 Å². The van der Waals surface area contributed by atoms with Gasteiger partial charge in [0.15, 0.2) is 0 Å². The zero-order chi connectivity index (χ0) is 19.3. The monoisotopic (exact) mass is 416 g/mol. The van der Waals surface area contributed by atoms with E-state index in [9.17, 15) is 5.11 Å². The molecule has 2 aromatic carbocycles. The van der Waals surface area contributed by atoms with Crippen molar-refractivity contribution in [1.29, 1.82) is 0 Å². The summed E-state index contributed by atoms with van der Waals surface area (Å²) in [4.78, 5) is 4.79. The molecule has 0 saturated carbocycles. The van der Waals surface area contributed by atoms with Crippen molar-refractivity contribution in [1.82, 2.24) is 9.55 Å². The fraction of sp³-hybridized carbons (Fsp3) is 0.435. The van der Waals surface area contributed by atoms with Crippen LogP contribution in [0.5, 0.6) is 0 Å². The second-order valence-corrected chi connectivity index (χ2v) is 7.37. The van der Waals surface area contributed by atoms with Gasteiger partial charge in [-0.05, 0) is 37.0 Å². The molecule has 3 aromatic rings. The SMILES string of the molecule is CCC(OCC(O)Cn1c(C2CCCO2)nc2ccccc21)c1ccccc1.Cl. The van der Waals surface area contributed by atoms with Gasteiger partial charge >= 0.3 is 0 Å². The predicted octanol–water partition coefficient (Wildman–Crippen LogP) is 4.84. The third-order valence-electron chi connectivity index (χ3n) is 5.33. The van der Waals surface area contributed by atoms with Gasteiger partial charge in [-0.3, -0.25) is 0 Å². The molecule has 1 aliphatic rings. The van der Waals surface area contributed by atoms with Crippen LogP contribution in [0.4, 0.5) is 0 Å². The summed E-state index contributed by atoms with van der Waals surface area (Å²) in [5.41, 5.74) is 3.12. The third-order valence-corrected chi connectivity index (χ3v) is 5.33. The normalized spacial score (nSPS) is 18.5. The van der Waals surface area contributed by atoms with Crippen molar-refractivity contribution in [3.8, 4) is 0 Å². The van der Waals surface area contributed by atoms with Crippen molar-refractivity contribution in [2.24, 2.45) is 0 Å². The molecule has 5 nitrogen and oxygen atoms in total. The van der Waals surface area contributed by atoms with Crippen molar-refractivity contribution in [2.45, 2.75) is 51.0 Å². The van der Waals surface area contributed by atoms with Gasteiger partial charge in [0.2, 0.25) is 0 Å². The number of aliphatic hydroxyl groups is 1. The molecule has 1 saturated heterocycles. The second kappa shape index (κ2) is 10.2. The van der Waals surface area contributed by atoms with Crippen LogP contribution in [-0.2, 0) is 16.0 Å². The molecule has 4 rings (SSSR count). The minimum atomic E-state index is -0.615. The van der Waals surface area contributed by atoms with E-state index in [1.807, 2.05) is 42.5 Å². The highest BCUT2D eigenvalue weighted by Gasteiger charge is 2.25. The molecule has 0 amide bonds. The van der Waals surface area contributed by atoms with Crippen LogP contribution in [0, 0.1) is 0 Å². The number of hydrogen-bond donors (Lipinski definition) is 1. The smallest absolute Gasteiger partial charge is 0.139 e. The Kier molecular flexibility index (Phi) is 7.67. The summed E-state index contributed by atoms with van der Waals surface area (Å²) in [6.45, 7) is 3.60. The highest BCUT2D eigenvalue weighted by molar-refractivity contribution is 5.85. The van der Waals surface area contributed by atoms with E-state index in [4.69, 9.17) is 14.5 Å². The van der Waals surface area contributed by atoms with E-state index in [2.05, 4.69) is 23.6 Å². The molecule has 3 unspecified atom stereocenters. The van der Waals surface area contributed by atoms with E-state index < -0.39 is 6.10 Å². The van der Waals surface area contributed by atoms with Crippen LogP contribution < -0.4 is 0 Å². The van der Waals surface area contributed by atoms with Gasteiger partial charge in [-0.15, -0.1) is 12.4 Å². The first kappa shape index (κ1) is 21.8. The number of para-hydroxylation sites is 2. The number of aliphatic hydroxyl groups excluding tert-OH is 1. The molecule has 1 N–H and O–H groups in total. The Morgan fingerprint density at radius 1 is 1.17 bits per heavy atom. The predicted molar refractivity (Wildman–Crippen MR) is 116 cm³/mol. The molecule has 0 radical (unpaired) electrons. The molecule has 0 bridgehead atoms. The molecule has 1 fully saturated rings. The van der Waals surface area contributed by atoms with E-state index in [-0.39, 0.29) is 31.2 Å². The lowest BCUT2D eigenvalue weighted by atomic mass is 10.1. The highest BCUT2D eigenvalue weighted by Crippen LogP contribution is 2.31. The standard InChI is InChI=1S/C23H28N2O3.ClH/c1-2-21(17-9-4-3-5-10-17)28-16-18(26)15-25-20-12-7-6-11-19(20)24-23(25)22-13-8-14-27-22;/h3-7,9-12,18,21-22,26H,2,8,13-16H2,1H3;1H. The van der Waals surface area contributed by atoms with Crippen molar-refractivity contribution in [3.05, 3.63) is 66.0 Å². The average Bonchev–Trinajstić information content (AvgIpc) is 3.38. The summed E-state index contributed by atoms with van der Waals surface area (Å²) < 4.78 is 14.0. The molecule has 0 spiro atoms. The molecule has 1 aliphatic heterocycles. The van der Waals surface area contributed by atoms with Crippen LogP contribution in [0.3, 0.4) is 0 Å². The fourth-order valence-corrected chi connectivity index (χ4v) is 3.92. The first-order valence-electron chi connectivity index (χ1n) is 10.2. The number of rotatable bonds is 8. The maximum Gasteiger partial charge on any atom is 0.139 e. The van der Waals surface area contributed by atoms with Gasteiger partial charge in [-0.25, -0.2) is 4.98 Å². The first-order valence-corrected chi connectivity index (χ1v) is 10.2. The van der Waals surface area contributed by atoms with E-state index >= 15 is 0 Å². The first-order chi connectivity index (χ1) is 13.8. The van der Waals surface area contributed by atoms with Gasteiger partial charge in [-0.1, -0.05) is 49.4 Å². The Labute approximate surface area is 178 Å². The molecular weight excluding hydrogens is 388 g/mol. The molecule has 6 heteroatoms. The summed E-state index contributed by atoms with van der Waals surface area (Å²) in [7, 11) is 0. The number of nitrogens with zero attached hydrogens (tertiary/aromatic N) is 2. The van der Waals surface area contributed by atoms with Crippen LogP contribution in [0.2, 0.25) is 0 Å². The Hall–Kier alpha value is -1.92. The number of fused-ring (bicyclic) bond motifs is 1. The minimum absolute atomic E-state index is 0. The van der Waals surface area contributed by atoms with Crippen molar-refractivity contribution >= 4 is 23.4 Å². The van der Waals surface area contributed by atoms with Gasteiger partial charge in [0, 0.05) is 6.61 Å². The van der Waals surface area contributed by atoms with Gasteiger partial charge < -0.3 is 19.1 Å². The van der Waals surface area contributed by atoms with Crippen molar-refractivity contribution in [3.63, 3.8) is 0 Å². The quantitative estimate of drug-likeness (QED) is 0.571. The zero-order valence-electron chi connectivity index (χ0n) is 16.7. The lowest BCUT2D eigenvalue weighted by Gasteiger charge is -2.21. The second-order valence-electron chi connectivity index (χ2n) is 7.37. The van der Waals surface area contributed by atoms with Gasteiger partial charge in [0.1, 0.15) is 11.9 Å². The number of halogens is 1. The van der Waals surface area contributed by atoms with Crippen LogP contribution in [0.1, 0.15) is 49.8 Å². The molecule has 2 heterocycles. The molecular formula is C23H29ClN2O3. The van der Waals surface area contributed by atoms with Crippen LogP contribution in [-0.4, -0.2) is 34.0 Å². The largest absolute Gasteiger partial charge is 0.389 e. The summed E-state index contributed by atoms with van der Waals surface area (Å²) in [5, 5.41) is 10.7. The van der Waals surface area contributed by atoms with Crippen molar-refractivity contribution in [2.75, 3.05) is 13.2 Å². The highest BCUT2D eigenvalue weighted by atomic mass is 35.5. The van der Waals surface area contributed by atoms with E-state index in [1.54, 1.807) is 0 Å². The van der Waals surface area contributed by atoms with Crippen LogP contribution in [0.25, 0.3) is 11.0 Å². The Morgan fingerprint density at radius 3 is 2.66 bits per heavy atom. The van der Waals surface area contributed by atoms with Crippen molar-refractivity contribution < 1.29 is 14.6 Å². The van der Waals surface area contributed by atoms with E-state index in [0.29, 0.717) is 6.54 Å². The summed E-state index contributed by atoms with van der Waals surface area (Å²) >= 11 is 0. The lowest BCUT2D eigenvalue weighted by Crippen LogP contribution is -2.25. The topological polar surface area (TPSA) is 56.5 Å². The van der Waals surface area contributed by atoms with Crippen LogP contribution >= 0.6 is 12.4 Å². The Bertz CT molecular complexity index is 894. The van der Waals surface area contributed by atoms with Gasteiger partial charge in [0.05, 0.1) is 36.4 Å². The third kappa shape index (κ3) is 4.98. The maximum absolute atomic E-state index is 10.7. The number of benzene rings is 2. The maximum atomic E-state index is 10.7. The molecule has 156 valence electrons. The zero-order valence-corrected chi connectivity index (χ0v) is 17.6. The Morgan fingerprint density at radius 2 is 1.93 bits per heavy atom. The van der Waals surface area contributed by atoms with Gasteiger partial charge in [-0.2, -0.15) is 0 Å². The van der Waals surface area contributed by atoms with Crippen LogP contribution in [0.15, 0.2) is 54.6 Å². The van der Waals surface area contributed by atoms with E-state index in [0.717, 1.165) is 48.3 Å². The molecule has 0 aliphatic carbocycles. The summed E-state index contributed by atoms with van der Waals surface area (Å²) in [6.07, 6.45) is 2.28. The average molecular weight is 417 g/mol. The number of aromatic nitrogens is 2. The minimum Gasteiger partial charge on any atom is -0.389 e. The number of imidazole rings is 1. The molecule has 3 atom stereocenters.